The first kappa shape index (κ1) is 16.2. The molecule has 2 rings (SSSR count). The Labute approximate surface area is 131 Å². The predicted molar refractivity (Wildman–Crippen MR) is 84.1 cm³/mol. The number of rotatable bonds is 7. The van der Waals surface area contributed by atoms with Crippen LogP contribution in [0.1, 0.15) is 0 Å². The Morgan fingerprint density at radius 1 is 1.41 bits per heavy atom. The third-order valence-corrected chi connectivity index (χ3v) is 3.85. The number of carbonyl (C=O) groups excluding carboxylic acids is 1. The lowest BCUT2D eigenvalue weighted by molar-refractivity contribution is 0.196. The zero-order valence-corrected chi connectivity index (χ0v) is 13.4. The highest BCUT2D eigenvalue weighted by Crippen LogP contribution is 2.20. The van der Waals surface area contributed by atoms with Gasteiger partial charge in [0.15, 0.2) is 5.82 Å². The van der Waals surface area contributed by atoms with E-state index in [0.717, 1.165) is 4.88 Å². The summed E-state index contributed by atoms with van der Waals surface area (Å²) in [5.74, 6) is 0.629. The van der Waals surface area contributed by atoms with Gasteiger partial charge >= 0.3 is 11.7 Å². The lowest BCUT2D eigenvalue weighted by Crippen LogP contribution is -2.39. The van der Waals surface area contributed by atoms with Crippen molar-refractivity contribution in [3.05, 3.63) is 28.0 Å². The van der Waals surface area contributed by atoms with Gasteiger partial charge in [-0.25, -0.2) is 14.3 Å². The van der Waals surface area contributed by atoms with Gasteiger partial charge in [0.25, 0.3) is 0 Å². The minimum absolute atomic E-state index is 0.204. The molecule has 120 valence electrons. The van der Waals surface area contributed by atoms with E-state index in [9.17, 15) is 9.59 Å². The number of nitrogens with one attached hydrogen (secondary N) is 2. The highest BCUT2D eigenvalue weighted by Gasteiger charge is 2.12. The van der Waals surface area contributed by atoms with E-state index >= 15 is 0 Å². The molecule has 0 saturated carbocycles. The Balaban J connectivity index is 1.90. The standard InChI is InChI=1S/C13H19N5O3S/c1-17-11(10-4-3-9-22-10)16-18(13(17)20)7-5-14-12(19)15-6-8-21-2/h3-4,9H,5-8H2,1-2H3,(H2,14,15,19). The first-order valence-corrected chi connectivity index (χ1v) is 7.69. The number of nitrogens with zero attached hydrogens (tertiary/aromatic N) is 3. The maximum Gasteiger partial charge on any atom is 0.346 e. The maximum absolute atomic E-state index is 12.1. The van der Waals surface area contributed by atoms with Crippen molar-refractivity contribution in [3.63, 3.8) is 0 Å². The van der Waals surface area contributed by atoms with Crippen molar-refractivity contribution >= 4 is 17.4 Å². The Hall–Kier alpha value is -2.13. The maximum atomic E-state index is 12.1. The summed E-state index contributed by atoms with van der Waals surface area (Å²) in [6, 6.07) is 3.53. The van der Waals surface area contributed by atoms with Crippen LogP contribution in [0.3, 0.4) is 0 Å². The van der Waals surface area contributed by atoms with Crippen LogP contribution in [-0.2, 0) is 18.3 Å². The number of urea groups is 1. The van der Waals surface area contributed by atoms with Crippen molar-refractivity contribution in [2.75, 3.05) is 26.8 Å². The summed E-state index contributed by atoms with van der Waals surface area (Å²) in [5, 5.41) is 11.6. The van der Waals surface area contributed by atoms with Gasteiger partial charge < -0.3 is 15.4 Å². The lowest BCUT2D eigenvalue weighted by atomic mass is 10.4. The fourth-order valence-corrected chi connectivity index (χ4v) is 2.60. The van der Waals surface area contributed by atoms with Crippen LogP contribution < -0.4 is 16.3 Å². The Bertz CT molecular complexity index is 662. The van der Waals surface area contributed by atoms with Crippen molar-refractivity contribution in [2.45, 2.75) is 6.54 Å². The molecule has 8 nitrogen and oxygen atoms in total. The molecule has 2 heterocycles. The van der Waals surface area contributed by atoms with E-state index in [1.165, 1.54) is 20.6 Å². The molecule has 0 saturated heterocycles. The Morgan fingerprint density at radius 2 is 2.18 bits per heavy atom. The molecule has 0 fully saturated rings. The highest BCUT2D eigenvalue weighted by molar-refractivity contribution is 7.13. The van der Waals surface area contributed by atoms with E-state index < -0.39 is 0 Å². The molecule has 0 aromatic carbocycles. The van der Waals surface area contributed by atoms with Crippen LogP contribution in [0.25, 0.3) is 10.7 Å². The van der Waals surface area contributed by atoms with E-state index in [1.54, 1.807) is 14.2 Å². The molecule has 0 spiro atoms. The molecule has 0 aliphatic heterocycles. The second-order valence-electron chi connectivity index (χ2n) is 4.54. The van der Waals surface area contributed by atoms with Crippen LogP contribution in [0.15, 0.2) is 22.3 Å². The fourth-order valence-electron chi connectivity index (χ4n) is 1.86. The summed E-state index contributed by atoms with van der Waals surface area (Å²) in [5.41, 5.74) is -0.204. The van der Waals surface area contributed by atoms with Crippen molar-refractivity contribution < 1.29 is 9.53 Å². The van der Waals surface area contributed by atoms with Gasteiger partial charge in [0.2, 0.25) is 0 Å². The van der Waals surface area contributed by atoms with Gasteiger partial charge in [0, 0.05) is 27.2 Å². The van der Waals surface area contributed by atoms with Crippen LogP contribution in [-0.4, -0.2) is 47.2 Å². The topological polar surface area (TPSA) is 90.2 Å². The predicted octanol–water partition coefficient (Wildman–Crippen LogP) is 0.256. The third-order valence-electron chi connectivity index (χ3n) is 2.98. The Morgan fingerprint density at radius 3 is 2.86 bits per heavy atom. The number of methoxy groups -OCH3 is 1. The van der Waals surface area contributed by atoms with E-state index in [-0.39, 0.29) is 11.7 Å². The summed E-state index contributed by atoms with van der Waals surface area (Å²) in [6.45, 7) is 1.53. The number of ether oxygens (including phenoxy) is 1. The molecular formula is C13H19N5O3S. The molecule has 0 unspecified atom stereocenters. The Kier molecular flexibility index (Phi) is 5.73. The zero-order chi connectivity index (χ0) is 15.9. The van der Waals surface area contributed by atoms with Crippen LogP contribution >= 0.6 is 11.3 Å². The molecule has 2 amide bonds. The fraction of sp³-hybridized carbons (Fsp3) is 0.462. The average molecular weight is 325 g/mol. The van der Waals surface area contributed by atoms with Crippen molar-refractivity contribution in [3.8, 4) is 10.7 Å². The van der Waals surface area contributed by atoms with Crippen LogP contribution in [0.5, 0.6) is 0 Å². The highest BCUT2D eigenvalue weighted by atomic mass is 32.1. The van der Waals surface area contributed by atoms with Gasteiger partial charge in [-0.15, -0.1) is 16.4 Å². The lowest BCUT2D eigenvalue weighted by Gasteiger charge is -2.06. The summed E-state index contributed by atoms with van der Waals surface area (Å²) >= 11 is 1.53. The monoisotopic (exact) mass is 325 g/mol. The second kappa shape index (κ2) is 7.76. The average Bonchev–Trinajstić information content (AvgIpc) is 3.11. The van der Waals surface area contributed by atoms with Gasteiger partial charge in [-0.1, -0.05) is 6.07 Å². The molecule has 0 aliphatic carbocycles. The van der Waals surface area contributed by atoms with E-state index in [2.05, 4.69) is 15.7 Å². The van der Waals surface area contributed by atoms with Crippen LogP contribution in [0.2, 0.25) is 0 Å². The number of aromatic nitrogens is 3. The molecule has 2 N–H and O–H groups in total. The van der Waals surface area contributed by atoms with Crippen molar-refractivity contribution in [1.82, 2.24) is 25.0 Å². The zero-order valence-electron chi connectivity index (χ0n) is 12.5. The number of thiophene rings is 1. The van der Waals surface area contributed by atoms with Gasteiger partial charge in [-0.2, -0.15) is 0 Å². The minimum atomic E-state index is -0.292. The molecule has 9 heteroatoms. The summed E-state index contributed by atoms with van der Waals surface area (Å²) < 4.78 is 7.69. The number of hydrogen-bond acceptors (Lipinski definition) is 5. The van der Waals surface area contributed by atoms with Crippen molar-refractivity contribution in [2.24, 2.45) is 7.05 Å². The number of hydrogen-bond donors (Lipinski definition) is 2. The summed E-state index contributed by atoms with van der Waals surface area (Å²) in [4.78, 5) is 24.5. The molecule has 22 heavy (non-hydrogen) atoms. The van der Waals surface area contributed by atoms with Gasteiger partial charge in [0.1, 0.15) is 0 Å². The molecule has 0 atom stereocenters. The normalized spacial score (nSPS) is 10.6. The third kappa shape index (κ3) is 3.95. The molecule has 0 radical (unpaired) electrons. The quantitative estimate of drug-likeness (QED) is 0.714. The van der Waals surface area contributed by atoms with E-state index in [0.29, 0.717) is 32.1 Å². The van der Waals surface area contributed by atoms with Crippen molar-refractivity contribution in [1.29, 1.82) is 0 Å². The molecule has 0 bridgehead atoms. The molecule has 0 aliphatic rings. The number of amides is 2. The van der Waals surface area contributed by atoms with Crippen LogP contribution in [0, 0.1) is 0 Å². The minimum Gasteiger partial charge on any atom is -0.383 e. The largest absolute Gasteiger partial charge is 0.383 e. The summed E-state index contributed by atoms with van der Waals surface area (Å²) in [7, 11) is 3.25. The molecular weight excluding hydrogens is 306 g/mol. The van der Waals surface area contributed by atoms with E-state index in [4.69, 9.17) is 4.74 Å². The van der Waals surface area contributed by atoms with Crippen LogP contribution in [0.4, 0.5) is 4.79 Å². The second-order valence-corrected chi connectivity index (χ2v) is 5.49. The van der Waals surface area contributed by atoms with Gasteiger partial charge in [-0.05, 0) is 11.4 Å². The van der Waals surface area contributed by atoms with Gasteiger partial charge in [0.05, 0.1) is 18.0 Å². The smallest absolute Gasteiger partial charge is 0.346 e. The SMILES string of the molecule is COCCNC(=O)NCCn1nc(-c2cccs2)n(C)c1=O. The summed E-state index contributed by atoms with van der Waals surface area (Å²) in [6.07, 6.45) is 0. The first-order valence-electron chi connectivity index (χ1n) is 6.82. The number of carbonyl (C=O) groups is 1. The molecule has 2 aromatic rings. The van der Waals surface area contributed by atoms with E-state index in [1.807, 2.05) is 17.5 Å². The molecule has 2 aromatic heterocycles. The van der Waals surface area contributed by atoms with Gasteiger partial charge in [-0.3, -0.25) is 4.57 Å². The first-order chi connectivity index (χ1) is 10.6.